The second-order valence-corrected chi connectivity index (χ2v) is 7.56. The van der Waals surface area contributed by atoms with E-state index in [-0.39, 0.29) is 11.5 Å². The molecule has 0 radical (unpaired) electrons. The molecule has 1 aliphatic rings. The first-order valence-electron chi connectivity index (χ1n) is 8.71. The third-order valence-corrected chi connectivity index (χ3v) is 5.49. The molecule has 1 aliphatic heterocycles. The van der Waals surface area contributed by atoms with Gasteiger partial charge in [-0.2, -0.15) is 9.50 Å². The first-order valence-corrected chi connectivity index (χ1v) is 9.52. The molecule has 1 unspecified atom stereocenters. The van der Waals surface area contributed by atoms with E-state index in [1.165, 1.54) is 15.9 Å². The van der Waals surface area contributed by atoms with E-state index in [1.54, 1.807) is 6.07 Å². The predicted octanol–water partition coefficient (Wildman–Crippen LogP) is 1.55. The summed E-state index contributed by atoms with van der Waals surface area (Å²) in [5.41, 5.74) is 0.666. The molecule has 10 heteroatoms. The summed E-state index contributed by atoms with van der Waals surface area (Å²) in [6, 6.07) is 1.55. The summed E-state index contributed by atoms with van der Waals surface area (Å²) in [6.07, 6.45) is 2.73. The standard InChI is InChI=1S/C16H21N7O2S/c1-4-11-8-12(24)23-15(17-11)26-16(19-23)22-7-5-6-10(9-22)13-18-14(20-25-13)21(2)3/h8,10H,4-7,9H2,1-3H3. The Hall–Kier alpha value is -2.49. The average molecular weight is 375 g/mol. The van der Waals surface area contributed by atoms with E-state index in [9.17, 15) is 4.79 Å². The van der Waals surface area contributed by atoms with Crippen molar-refractivity contribution < 1.29 is 4.52 Å². The van der Waals surface area contributed by atoms with E-state index in [4.69, 9.17) is 4.52 Å². The zero-order valence-corrected chi connectivity index (χ0v) is 15.9. The molecule has 1 saturated heterocycles. The number of aromatic nitrogens is 5. The van der Waals surface area contributed by atoms with Gasteiger partial charge in [0.25, 0.3) is 11.5 Å². The van der Waals surface area contributed by atoms with Crippen LogP contribution in [-0.2, 0) is 6.42 Å². The van der Waals surface area contributed by atoms with Gasteiger partial charge < -0.3 is 14.3 Å². The topological polar surface area (TPSA) is 92.7 Å². The largest absolute Gasteiger partial charge is 0.346 e. The van der Waals surface area contributed by atoms with E-state index in [1.807, 2.05) is 25.9 Å². The normalized spacial score (nSPS) is 17.8. The van der Waals surface area contributed by atoms with Crippen molar-refractivity contribution in [2.75, 3.05) is 37.0 Å². The lowest BCUT2D eigenvalue weighted by molar-refractivity contribution is 0.333. The number of hydrogen-bond donors (Lipinski definition) is 0. The van der Waals surface area contributed by atoms with Gasteiger partial charge in [-0.3, -0.25) is 4.79 Å². The molecule has 9 nitrogen and oxygen atoms in total. The second kappa shape index (κ2) is 6.67. The zero-order valence-electron chi connectivity index (χ0n) is 15.0. The molecule has 0 aromatic carbocycles. The highest BCUT2D eigenvalue weighted by Crippen LogP contribution is 2.31. The molecule has 1 atom stereocenters. The zero-order chi connectivity index (χ0) is 18.3. The smallest absolute Gasteiger partial charge is 0.275 e. The van der Waals surface area contributed by atoms with Gasteiger partial charge in [0.2, 0.25) is 16.0 Å². The number of nitrogens with zero attached hydrogens (tertiary/aromatic N) is 7. The van der Waals surface area contributed by atoms with E-state index in [2.05, 4.69) is 25.1 Å². The third-order valence-electron chi connectivity index (χ3n) is 4.52. The number of anilines is 2. The average Bonchev–Trinajstić information content (AvgIpc) is 3.29. The maximum Gasteiger partial charge on any atom is 0.275 e. The molecule has 4 heterocycles. The number of hydrogen-bond acceptors (Lipinski definition) is 9. The van der Waals surface area contributed by atoms with Crippen LogP contribution in [0.3, 0.4) is 0 Å². The van der Waals surface area contributed by atoms with Crippen molar-refractivity contribution in [2.45, 2.75) is 32.1 Å². The SMILES string of the molecule is CCc1cc(=O)n2nc(N3CCCC(c4nc(N(C)C)no4)C3)sc2n1. The van der Waals surface area contributed by atoms with Crippen LogP contribution >= 0.6 is 11.3 Å². The molecular weight excluding hydrogens is 354 g/mol. The minimum absolute atomic E-state index is 0.129. The van der Waals surface area contributed by atoms with Crippen molar-refractivity contribution in [1.82, 2.24) is 24.7 Å². The van der Waals surface area contributed by atoms with Crippen molar-refractivity contribution in [3.63, 3.8) is 0 Å². The molecule has 0 bridgehead atoms. The maximum absolute atomic E-state index is 12.2. The fraction of sp³-hybridized carbons (Fsp3) is 0.562. The summed E-state index contributed by atoms with van der Waals surface area (Å²) in [5.74, 6) is 1.40. The van der Waals surface area contributed by atoms with E-state index >= 15 is 0 Å². The summed E-state index contributed by atoms with van der Waals surface area (Å²) < 4.78 is 6.83. The summed E-state index contributed by atoms with van der Waals surface area (Å²) in [5, 5.41) is 9.30. The molecule has 3 aromatic rings. The van der Waals surface area contributed by atoms with E-state index in [0.29, 0.717) is 16.8 Å². The fourth-order valence-corrected chi connectivity index (χ4v) is 4.04. The molecular formula is C16H21N7O2S. The molecule has 4 rings (SSSR count). The highest BCUT2D eigenvalue weighted by molar-refractivity contribution is 7.20. The number of rotatable bonds is 4. The molecule has 0 N–H and O–H groups in total. The van der Waals surface area contributed by atoms with Crippen molar-refractivity contribution in [3.8, 4) is 0 Å². The van der Waals surface area contributed by atoms with E-state index < -0.39 is 0 Å². The van der Waals surface area contributed by atoms with Gasteiger partial charge >= 0.3 is 0 Å². The minimum Gasteiger partial charge on any atom is -0.346 e. The summed E-state index contributed by atoms with van der Waals surface area (Å²) in [7, 11) is 3.77. The minimum atomic E-state index is -0.129. The Morgan fingerprint density at radius 1 is 1.38 bits per heavy atom. The Morgan fingerprint density at radius 2 is 2.23 bits per heavy atom. The van der Waals surface area contributed by atoms with Crippen LogP contribution in [0.4, 0.5) is 11.1 Å². The van der Waals surface area contributed by atoms with Gasteiger partial charge in [-0.05, 0) is 24.4 Å². The van der Waals surface area contributed by atoms with Crippen LogP contribution in [0.5, 0.6) is 0 Å². The Morgan fingerprint density at radius 3 is 2.96 bits per heavy atom. The molecule has 1 fully saturated rings. The summed E-state index contributed by atoms with van der Waals surface area (Å²) in [4.78, 5) is 25.9. The van der Waals surface area contributed by atoms with Crippen LogP contribution in [0.15, 0.2) is 15.4 Å². The van der Waals surface area contributed by atoms with Crippen molar-refractivity contribution in [3.05, 3.63) is 28.0 Å². The number of fused-ring (bicyclic) bond motifs is 1. The molecule has 0 spiro atoms. The van der Waals surface area contributed by atoms with Crippen molar-refractivity contribution in [1.29, 1.82) is 0 Å². The molecule has 3 aromatic heterocycles. The second-order valence-electron chi connectivity index (χ2n) is 6.63. The van der Waals surface area contributed by atoms with Crippen LogP contribution in [-0.4, -0.2) is 51.9 Å². The summed E-state index contributed by atoms with van der Waals surface area (Å²) >= 11 is 1.45. The van der Waals surface area contributed by atoms with Gasteiger partial charge in [-0.15, -0.1) is 5.10 Å². The van der Waals surface area contributed by atoms with Gasteiger partial charge in [0.15, 0.2) is 0 Å². The highest BCUT2D eigenvalue weighted by atomic mass is 32.1. The van der Waals surface area contributed by atoms with Gasteiger partial charge in [-0.1, -0.05) is 18.3 Å². The molecule has 0 saturated carbocycles. The monoisotopic (exact) mass is 375 g/mol. The summed E-state index contributed by atoms with van der Waals surface area (Å²) in [6.45, 7) is 3.62. The Labute approximate surface area is 154 Å². The van der Waals surface area contributed by atoms with Crippen LogP contribution in [0, 0.1) is 0 Å². The molecule has 26 heavy (non-hydrogen) atoms. The quantitative estimate of drug-likeness (QED) is 0.678. The van der Waals surface area contributed by atoms with Gasteiger partial charge in [-0.25, -0.2) is 4.98 Å². The third kappa shape index (κ3) is 3.05. The Kier molecular flexibility index (Phi) is 4.35. The maximum atomic E-state index is 12.2. The van der Waals surface area contributed by atoms with E-state index in [0.717, 1.165) is 43.2 Å². The van der Waals surface area contributed by atoms with Crippen molar-refractivity contribution >= 4 is 27.4 Å². The molecule has 138 valence electrons. The molecule has 0 amide bonds. The Balaban J connectivity index is 1.60. The van der Waals surface area contributed by atoms with Crippen LogP contribution in [0.1, 0.15) is 37.3 Å². The van der Waals surface area contributed by atoms with Crippen LogP contribution < -0.4 is 15.4 Å². The van der Waals surface area contributed by atoms with Gasteiger partial charge in [0.05, 0.1) is 5.92 Å². The lowest BCUT2D eigenvalue weighted by atomic mass is 9.98. The predicted molar refractivity (Wildman–Crippen MR) is 99.3 cm³/mol. The van der Waals surface area contributed by atoms with Crippen molar-refractivity contribution in [2.24, 2.45) is 0 Å². The highest BCUT2D eigenvalue weighted by Gasteiger charge is 2.28. The first-order chi connectivity index (χ1) is 12.5. The fourth-order valence-electron chi connectivity index (χ4n) is 3.08. The Bertz CT molecular complexity index is 977. The lowest BCUT2D eigenvalue weighted by Crippen LogP contribution is -2.34. The van der Waals surface area contributed by atoms with Gasteiger partial charge in [0, 0.05) is 38.9 Å². The number of piperidine rings is 1. The number of aryl methyl sites for hydroxylation is 1. The van der Waals surface area contributed by atoms with Crippen LogP contribution in [0.2, 0.25) is 0 Å². The molecule has 0 aliphatic carbocycles. The van der Waals surface area contributed by atoms with Crippen LogP contribution in [0.25, 0.3) is 4.96 Å². The van der Waals surface area contributed by atoms with Gasteiger partial charge in [0.1, 0.15) is 0 Å². The first kappa shape index (κ1) is 17.0. The lowest BCUT2D eigenvalue weighted by Gasteiger charge is -2.30.